The molecule has 0 unspecified atom stereocenters. The lowest BCUT2D eigenvalue weighted by molar-refractivity contribution is 0.0702. The molecule has 1 N–H and O–H groups in total. The number of aromatic carboxylic acids is 1. The minimum absolute atomic E-state index is 0.0513. The van der Waals surface area contributed by atoms with Crippen LogP contribution in [0.2, 0.25) is 0 Å². The summed E-state index contributed by atoms with van der Waals surface area (Å²) in [7, 11) is -3.51. The average molecular weight is 275 g/mol. The summed E-state index contributed by atoms with van der Waals surface area (Å²) >= 11 is 0.808. The molecule has 0 amide bonds. The van der Waals surface area contributed by atoms with Gasteiger partial charge in [-0.3, -0.25) is 0 Å². The van der Waals surface area contributed by atoms with E-state index in [4.69, 9.17) is 5.11 Å². The molecule has 17 heavy (non-hydrogen) atoms. The second-order valence-electron chi connectivity index (χ2n) is 3.86. The highest BCUT2D eigenvalue weighted by atomic mass is 32.2. The van der Waals surface area contributed by atoms with Crippen LogP contribution in [0.3, 0.4) is 0 Å². The predicted octanol–water partition coefficient (Wildman–Crippen LogP) is 1.62. The van der Waals surface area contributed by atoms with E-state index in [0.717, 1.165) is 24.2 Å². The smallest absolute Gasteiger partial charge is 0.345 e. The Morgan fingerprint density at radius 1 is 1.53 bits per heavy atom. The van der Waals surface area contributed by atoms with Crippen LogP contribution in [0.25, 0.3) is 0 Å². The molecule has 1 fully saturated rings. The van der Waals surface area contributed by atoms with Gasteiger partial charge in [0, 0.05) is 12.6 Å². The largest absolute Gasteiger partial charge is 0.477 e. The Labute approximate surface area is 104 Å². The molecule has 0 radical (unpaired) electrons. The molecule has 1 aromatic rings. The molecule has 1 aliphatic carbocycles. The lowest BCUT2D eigenvalue weighted by Gasteiger charge is -2.18. The van der Waals surface area contributed by atoms with Crippen LogP contribution in [0, 0.1) is 0 Å². The predicted molar refractivity (Wildman–Crippen MR) is 63.9 cm³/mol. The van der Waals surface area contributed by atoms with Crippen molar-refractivity contribution in [1.82, 2.24) is 4.31 Å². The topological polar surface area (TPSA) is 74.7 Å². The number of hydrogen-bond donors (Lipinski definition) is 1. The summed E-state index contributed by atoms with van der Waals surface area (Å²) in [5.41, 5.74) is 0. The molecular formula is C10H13NO4S2. The maximum atomic E-state index is 12.2. The SMILES string of the molecule is CCN(C1CC1)S(=O)(=O)c1ccc(C(=O)O)s1. The van der Waals surface area contributed by atoms with Gasteiger partial charge in [-0.2, -0.15) is 4.31 Å². The molecule has 7 heteroatoms. The van der Waals surface area contributed by atoms with E-state index in [-0.39, 0.29) is 15.1 Å². The fourth-order valence-corrected chi connectivity index (χ4v) is 4.64. The number of carbonyl (C=O) groups is 1. The molecule has 2 rings (SSSR count). The molecule has 5 nitrogen and oxygen atoms in total. The summed E-state index contributed by atoms with van der Waals surface area (Å²) < 4.78 is 26.0. The van der Waals surface area contributed by atoms with Crippen LogP contribution >= 0.6 is 11.3 Å². The lowest BCUT2D eigenvalue weighted by atomic mass is 10.5. The monoisotopic (exact) mass is 275 g/mol. The number of sulfonamides is 1. The Balaban J connectivity index is 2.32. The van der Waals surface area contributed by atoms with E-state index in [9.17, 15) is 13.2 Å². The third-order valence-electron chi connectivity index (χ3n) is 2.62. The summed E-state index contributed by atoms with van der Waals surface area (Å²) in [6, 6.07) is 2.80. The molecule has 0 aliphatic heterocycles. The molecule has 1 heterocycles. The zero-order valence-electron chi connectivity index (χ0n) is 9.29. The van der Waals surface area contributed by atoms with Crippen molar-refractivity contribution in [1.29, 1.82) is 0 Å². The van der Waals surface area contributed by atoms with Gasteiger partial charge in [-0.05, 0) is 25.0 Å². The maximum Gasteiger partial charge on any atom is 0.345 e. The van der Waals surface area contributed by atoms with Crippen molar-refractivity contribution >= 4 is 27.3 Å². The van der Waals surface area contributed by atoms with Crippen molar-refractivity contribution < 1.29 is 18.3 Å². The number of hydrogen-bond acceptors (Lipinski definition) is 4. The highest BCUT2D eigenvalue weighted by Crippen LogP contribution is 2.33. The van der Waals surface area contributed by atoms with Gasteiger partial charge >= 0.3 is 5.97 Å². The van der Waals surface area contributed by atoms with E-state index in [2.05, 4.69) is 0 Å². The van der Waals surface area contributed by atoms with Crippen LogP contribution in [-0.4, -0.2) is 36.4 Å². The van der Waals surface area contributed by atoms with E-state index in [1.807, 2.05) is 0 Å². The third kappa shape index (κ3) is 2.36. The Bertz CT molecular complexity index is 530. The van der Waals surface area contributed by atoms with E-state index >= 15 is 0 Å². The molecule has 0 atom stereocenters. The first-order chi connectivity index (χ1) is 7.96. The van der Waals surface area contributed by atoms with Crippen LogP contribution in [0.4, 0.5) is 0 Å². The summed E-state index contributed by atoms with van der Waals surface area (Å²) in [6.45, 7) is 2.22. The van der Waals surface area contributed by atoms with Gasteiger partial charge in [-0.25, -0.2) is 13.2 Å². The Kier molecular flexibility index (Phi) is 3.24. The van der Waals surface area contributed by atoms with Gasteiger partial charge in [-0.15, -0.1) is 11.3 Å². The Hall–Kier alpha value is -0.920. The second kappa shape index (κ2) is 4.40. The van der Waals surface area contributed by atoms with E-state index in [0.29, 0.717) is 6.54 Å². The van der Waals surface area contributed by atoms with E-state index in [1.54, 1.807) is 6.92 Å². The maximum absolute atomic E-state index is 12.2. The molecular weight excluding hydrogens is 262 g/mol. The molecule has 0 spiro atoms. The van der Waals surface area contributed by atoms with Gasteiger partial charge < -0.3 is 5.11 Å². The van der Waals surface area contributed by atoms with Gasteiger partial charge in [0.15, 0.2) is 0 Å². The summed E-state index contributed by atoms with van der Waals surface area (Å²) in [4.78, 5) is 10.8. The van der Waals surface area contributed by atoms with Crippen molar-refractivity contribution in [2.75, 3.05) is 6.54 Å². The summed E-state index contributed by atoms with van der Waals surface area (Å²) in [5, 5.41) is 8.78. The summed E-state index contributed by atoms with van der Waals surface area (Å²) in [5.74, 6) is -1.09. The zero-order valence-corrected chi connectivity index (χ0v) is 10.9. The summed E-state index contributed by atoms with van der Waals surface area (Å²) in [6.07, 6.45) is 1.79. The number of carboxylic acid groups (broad SMARTS) is 1. The molecule has 0 saturated heterocycles. The highest BCUT2D eigenvalue weighted by molar-refractivity contribution is 7.91. The quantitative estimate of drug-likeness (QED) is 0.886. The first kappa shape index (κ1) is 12.5. The van der Waals surface area contributed by atoms with Gasteiger partial charge in [0.25, 0.3) is 10.0 Å². The van der Waals surface area contributed by atoms with Crippen molar-refractivity contribution in [3.8, 4) is 0 Å². The van der Waals surface area contributed by atoms with Crippen LogP contribution in [-0.2, 0) is 10.0 Å². The van der Waals surface area contributed by atoms with E-state index in [1.165, 1.54) is 16.4 Å². The molecule has 94 valence electrons. The molecule has 0 bridgehead atoms. The van der Waals surface area contributed by atoms with Crippen molar-refractivity contribution in [3.05, 3.63) is 17.0 Å². The highest BCUT2D eigenvalue weighted by Gasteiger charge is 2.37. The van der Waals surface area contributed by atoms with Gasteiger partial charge in [-0.1, -0.05) is 6.92 Å². The number of nitrogens with zero attached hydrogens (tertiary/aromatic N) is 1. The normalized spacial score (nSPS) is 16.4. The van der Waals surface area contributed by atoms with Gasteiger partial charge in [0.2, 0.25) is 0 Å². The first-order valence-electron chi connectivity index (χ1n) is 5.31. The van der Waals surface area contributed by atoms with Gasteiger partial charge in [0.05, 0.1) is 0 Å². The minimum Gasteiger partial charge on any atom is -0.477 e. The van der Waals surface area contributed by atoms with Gasteiger partial charge in [0.1, 0.15) is 9.09 Å². The number of rotatable bonds is 5. The van der Waals surface area contributed by atoms with Crippen LogP contribution in [0.1, 0.15) is 29.4 Å². The minimum atomic E-state index is -3.51. The zero-order chi connectivity index (χ0) is 12.6. The molecule has 1 aromatic heterocycles. The van der Waals surface area contributed by atoms with Crippen LogP contribution in [0.15, 0.2) is 16.3 Å². The van der Waals surface area contributed by atoms with Crippen LogP contribution in [0.5, 0.6) is 0 Å². The molecule has 1 aliphatic rings. The number of carboxylic acids is 1. The molecule has 0 aromatic carbocycles. The van der Waals surface area contributed by atoms with Crippen molar-refractivity contribution in [2.24, 2.45) is 0 Å². The second-order valence-corrected chi connectivity index (χ2v) is 7.06. The first-order valence-corrected chi connectivity index (χ1v) is 7.57. The Morgan fingerprint density at radius 2 is 2.18 bits per heavy atom. The lowest BCUT2D eigenvalue weighted by Crippen LogP contribution is -2.32. The third-order valence-corrected chi connectivity index (χ3v) is 6.19. The fourth-order valence-electron chi connectivity index (χ4n) is 1.68. The molecule has 1 saturated carbocycles. The standard InChI is InChI=1S/C10H13NO4S2/c1-2-11(7-3-4-7)17(14,15)9-6-5-8(16-9)10(12)13/h5-7H,2-4H2,1H3,(H,12,13). The van der Waals surface area contributed by atoms with E-state index < -0.39 is 16.0 Å². The number of thiophene rings is 1. The van der Waals surface area contributed by atoms with Crippen LogP contribution < -0.4 is 0 Å². The van der Waals surface area contributed by atoms with Crippen molar-refractivity contribution in [2.45, 2.75) is 30.0 Å². The van der Waals surface area contributed by atoms with Crippen molar-refractivity contribution in [3.63, 3.8) is 0 Å². The fraction of sp³-hybridized carbons (Fsp3) is 0.500. The Morgan fingerprint density at radius 3 is 2.59 bits per heavy atom. The average Bonchev–Trinajstić information content (AvgIpc) is 2.94.